The molecule has 0 spiro atoms. The van der Waals surface area contributed by atoms with Crippen LogP contribution in [0.5, 0.6) is 0 Å². The fourth-order valence-electron chi connectivity index (χ4n) is 2.71. The Hall–Kier alpha value is -2.34. The smallest absolute Gasteiger partial charge is 0.306 e. The maximum absolute atomic E-state index is 12.2. The maximum atomic E-state index is 12.2. The molecule has 2 heterocycles. The number of carboxylic acids is 1. The van der Waals surface area contributed by atoms with Gasteiger partial charge in [0.15, 0.2) is 5.76 Å². The number of benzene rings is 1. The second kappa shape index (κ2) is 5.81. The van der Waals surface area contributed by atoms with Gasteiger partial charge >= 0.3 is 11.9 Å². The number of carbonyl (C=O) groups is 2. The number of rotatable bonds is 3. The van der Waals surface area contributed by atoms with E-state index in [2.05, 4.69) is 5.43 Å². The van der Waals surface area contributed by atoms with Crippen LogP contribution in [0.4, 0.5) is 0 Å². The van der Waals surface area contributed by atoms with E-state index in [1.807, 2.05) is 25.1 Å². The van der Waals surface area contributed by atoms with E-state index in [0.717, 1.165) is 10.9 Å². The highest BCUT2D eigenvalue weighted by molar-refractivity contribution is 5.95. The number of nitrogens with one attached hydrogen (secondary N) is 1. The van der Waals surface area contributed by atoms with Crippen LogP contribution < -0.4 is 5.43 Å². The third kappa shape index (κ3) is 2.96. The topological polar surface area (TPSA) is 82.8 Å². The van der Waals surface area contributed by atoms with Crippen LogP contribution in [-0.2, 0) is 4.79 Å². The lowest BCUT2D eigenvalue weighted by Crippen LogP contribution is -2.47. The summed E-state index contributed by atoms with van der Waals surface area (Å²) < 4.78 is 5.55. The van der Waals surface area contributed by atoms with Crippen molar-refractivity contribution in [2.75, 3.05) is 13.1 Å². The molecule has 1 aliphatic rings. The van der Waals surface area contributed by atoms with Crippen molar-refractivity contribution in [3.8, 4) is 0 Å². The van der Waals surface area contributed by atoms with Gasteiger partial charge in [-0.1, -0.05) is 11.6 Å². The molecule has 1 fully saturated rings. The Balaban J connectivity index is 1.65. The summed E-state index contributed by atoms with van der Waals surface area (Å²) in [5.74, 6) is -1.12. The predicted octanol–water partition coefficient (Wildman–Crippen LogP) is 2.18. The summed E-state index contributed by atoms with van der Waals surface area (Å²) in [4.78, 5) is 23.1. The van der Waals surface area contributed by atoms with Gasteiger partial charge < -0.3 is 9.52 Å². The number of hydrazine groups is 1. The van der Waals surface area contributed by atoms with E-state index in [-0.39, 0.29) is 17.6 Å². The van der Waals surface area contributed by atoms with Crippen LogP contribution >= 0.6 is 0 Å². The number of aliphatic carboxylic acids is 1. The number of furan rings is 1. The summed E-state index contributed by atoms with van der Waals surface area (Å²) in [7, 11) is 0. The second-order valence-electron chi connectivity index (χ2n) is 5.69. The number of amides is 1. The molecule has 1 aromatic carbocycles. The van der Waals surface area contributed by atoms with Crippen LogP contribution in [0, 0.1) is 12.8 Å². The zero-order valence-corrected chi connectivity index (χ0v) is 12.3. The lowest BCUT2D eigenvalue weighted by Gasteiger charge is -2.29. The summed E-state index contributed by atoms with van der Waals surface area (Å²) >= 11 is 0. The summed E-state index contributed by atoms with van der Waals surface area (Å²) in [6, 6.07) is 7.47. The molecule has 6 heteroatoms. The summed E-state index contributed by atoms with van der Waals surface area (Å²) in [5.41, 5.74) is 4.57. The van der Waals surface area contributed by atoms with Crippen LogP contribution in [0.2, 0.25) is 0 Å². The molecule has 1 amide bonds. The Kier molecular flexibility index (Phi) is 3.85. The molecule has 22 heavy (non-hydrogen) atoms. The fourth-order valence-corrected chi connectivity index (χ4v) is 2.71. The summed E-state index contributed by atoms with van der Waals surface area (Å²) in [5, 5.41) is 11.6. The molecule has 0 unspecified atom stereocenters. The van der Waals surface area contributed by atoms with Gasteiger partial charge in [-0.3, -0.25) is 15.0 Å². The fraction of sp³-hybridized carbons (Fsp3) is 0.375. The van der Waals surface area contributed by atoms with Crippen LogP contribution in [0.25, 0.3) is 11.0 Å². The lowest BCUT2D eigenvalue weighted by atomic mass is 9.98. The largest absolute Gasteiger partial charge is 0.481 e. The van der Waals surface area contributed by atoms with E-state index in [1.54, 1.807) is 11.1 Å². The summed E-state index contributed by atoms with van der Waals surface area (Å²) in [6.07, 6.45) is 1.07. The highest BCUT2D eigenvalue weighted by Gasteiger charge is 2.26. The molecule has 0 bridgehead atoms. The molecule has 2 aromatic rings. The molecule has 1 aromatic heterocycles. The van der Waals surface area contributed by atoms with E-state index >= 15 is 0 Å². The number of carboxylic acid groups (broad SMARTS) is 1. The van der Waals surface area contributed by atoms with Gasteiger partial charge in [-0.15, -0.1) is 0 Å². The van der Waals surface area contributed by atoms with Gasteiger partial charge in [0, 0.05) is 18.5 Å². The minimum Gasteiger partial charge on any atom is -0.481 e. The summed E-state index contributed by atoms with van der Waals surface area (Å²) in [6.45, 7) is 3.04. The van der Waals surface area contributed by atoms with Crippen LogP contribution in [0.3, 0.4) is 0 Å². The minimum absolute atomic E-state index is 0.265. The molecule has 1 saturated heterocycles. The quantitative estimate of drug-likeness (QED) is 0.908. The van der Waals surface area contributed by atoms with Crippen molar-refractivity contribution in [1.29, 1.82) is 0 Å². The highest BCUT2D eigenvalue weighted by Crippen LogP contribution is 2.21. The highest BCUT2D eigenvalue weighted by atomic mass is 16.4. The molecule has 3 rings (SSSR count). The molecule has 0 aliphatic carbocycles. The number of hydrogen-bond acceptors (Lipinski definition) is 4. The number of aryl methyl sites for hydroxylation is 1. The van der Waals surface area contributed by atoms with Gasteiger partial charge in [0.05, 0.1) is 5.92 Å². The molecular formula is C16H18N2O4. The first-order valence-electron chi connectivity index (χ1n) is 7.32. The first-order chi connectivity index (χ1) is 10.5. The Bertz CT molecular complexity index is 714. The van der Waals surface area contributed by atoms with Crippen LogP contribution in [0.15, 0.2) is 28.7 Å². The molecule has 0 atom stereocenters. The first kappa shape index (κ1) is 14.6. The van der Waals surface area contributed by atoms with Gasteiger partial charge in [-0.2, -0.15) is 0 Å². The minimum atomic E-state index is -0.765. The average Bonchev–Trinajstić information content (AvgIpc) is 2.91. The van der Waals surface area contributed by atoms with Crippen LogP contribution in [-0.4, -0.2) is 35.1 Å². The Morgan fingerprint density at radius 1 is 1.27 bits per heavy atom. The van der Waals surface area contributed by atoms with E-state index in [9.17, 15) is 9.59 Å². The Morgan fingerprint density at radius 2 is 2.00 bits per heavy atom. The first-order valence-corrected chi connectivity index (χ1v) is 7.32. The van der Waals surface area contributed by atoms with E-state index in [4.69, 9.17) is 9.52 Å². The maximum Gasteiger partial charge on any atom is 0.306 e. The molecule has 0 saturated carbocycles. The van der Waals surface area contributed by atoms with E-state index in [1.165, 1.54) is 0 Å². The van der Waals surface area contributed by atoms with Crippen molar-refractivity contribution in [3.63, 3.8) is 0 Å². The Labute approximate surface area is 127 Å². The monoisotopic (exact) mass is 302 g/mol. The van der Waals surface area contributed by atoms with Crippen LogP contribution in [0.1, 0.15) is 29.0 Å². The normalized spacial score (nSPS) is 16.8. The SMILES string of the molecule is Cc1ccc2oc(C(=O)NN3CCC(C(=O)O)CC3)cc2c1. The number of nitrogens with zero attached hydrogens (tertiary/aromatic N) is 1. The molecule has 0 radical (unpaired) electrons. The third-order valence-corrected chi connectivity index (χ3v) is 4.00. The van der Waals surface area contributed by atoms with Gasteiger partial charge in [0.2, 0.25) is 0 Å². The van der Waals surface area contributed by atoms with Gasteiger partial charge in [0.25, 0.3) is 0 Å². The lowest BCUT2D eigenvalue weighted by molar-refractivity contribution is -0.143. The predicted molar refractivity (Wildman–Crippen MR) is 80.4 cm³/mol. The van der Waals surface area contributed by atoms with Gasteiger partial charge in [-0.25, -0.2) is 5.01 Å². The van der Waals surface area contributed by atoms with Gasteiger partial charge in [0.1, 0.15) is 5.58 Å². The Morgan fingerprint density at radius 3 is 2.68 bits per heavy atom. The van der Waals surface area contributed by atoms with Crippen molar-refractivity contribution >= 4 is 22.8 Å². The van der Waals surface area contributed by atoms with E-state index < -0.39 is 5.97 Å². The average molecular weight is 302 g/mol. The number of hydrogen-bond donors (Lipinski definition) is 2. The molecule has 1 aliphatic heterocycles. The van der Waals surface area contributed by atoms with Gasteiger partial charge in [-0.05, 0) is 38.0 Å². The van der Waals surface area contributed by atoms with Crippen molar-refractivity contribution in [1.82, 2.24) is 10.4 Å². The zero-order chi connectivity index (χ0) is 15.7. The zero-order valence-electron chi connectivity index (χ0n) is 12.3. The van der Waals surface area contributed by atoms with Crippen molar-refractivity contribution in [3.05, 3.63) is 35.6 Å². The van der Waals surface area contributed by atoms with Crippen molar-refractivity contribution < 1.29 is 19.1 Å². The molecule has 116 valence electrons. The number of fused-ring (bicyclic) bond motifs is 1. The van der Waals surface area contributed by atoms with Crippen molar-refractivity contribution in [2.24, 2.45) is 5.92 Å². The van der Waals surface area contributed by atoms with Crippen molar-refractivity contribution in [2.45, 2.75) is 19.8 Å². The van der Waals surface area contributed by atoms with E-state index in [0.29, 0.717) is 31.5 Å². The standard InChI is InChI=1S/C16H18N2O4/c1-10-2-3-13-12(8-10)9-14(22-13)15(19)17-18-6-4-11(5-7-18)16(20)21/h2-3,8-9,11H,4-7H2,1H3,(H,17,19)(H,20,21). The molecule has 6 nitrogen and oxygen atoms in total. The molecular weight excluding hydrogens is 284 g/mol. The number of carbonyl (C=O) groups excluding carboxylic acids is 1. The third-order valence-electron chi connectivity index (χ3n) is 4.00. The number of piperidine rings is 1. The molecule has 2 N–H and O–H groups in total. The second-order valence-corrected chi connectivity index (χ2v) is 5.69.